The first kappa shape index (κ1) is 21.6. The molecule has 2 aromatic rings. The van der Waals surface area contributed by atoms with Gasteiger partial charge in [-0.15, -0.1) is 0 Å². The van der Waals surface area contributed by atoms with Crippen molar-refractivity contribution in [1.82, 2.24) is 0 Å². The highest BCUT2D eigenvalue weighted by Crippen LogP contribution is 2.11. The van der Waals surface area contributed by atoms with Crippen LogP contribution in [0.5, 0.6) is 5.75 Å². The standard InChI is InChI=1S/C21H27N3O4/c1-22-20-6-2-18(3-7-20)16-23-24-17-19-4-8-21(9-5-19)28-15-14-27-13-12-26-11-10-25/h2-9,16-17,22,25H,10-15H2,1H3/b23-16+,24-17+. The Balaban J connectivity index is 1.66. The lowest BCUT2D eigenvalue weighted by Crippen LogP contribution is -2.11. The monoisotopic (exact) mass is 385 g/mol. The molecule has 7 nitrogen and oxygen atoms in total. The number of nitrogens with zero attached hydrogens (tertiary/aromatic N) is 2. The van der Waals surface area contributed by atoms with Crippen molar-refractivity contribution in [2.45, 2.75) is 0 Å². The fourth-order valence-corrected chi connectivity index (χ4v) is 2.19. The molecule has 7 heteroatoms. The molecular weight excluding hydrogens is 358 g/mol. The first-order valence-electron chi connectivity index (χ1n) is 9.15. The van der Waals surface area contributed by atoms with Gasteiger partial charge in [0.05, 0.1) is 45.5 Å². The zero-order chi connectivity index (χ0) is 19.9. The van der Waals surface area contributed by atoms with Gasteiger partial charge in [-0.2, -0.15) is 10.2 Å². The second kappa shape index (κ2) is 13.4. The molecule has 150 valence electrons. The summed E-state index contributed by atoms with van der Waals surface area (Å²) in [5.41, 5.74) is 2.98. The van der Waals surface area contributed by atoms with E-state index in [4.69, 9.17) is 19.3 Å². The topological polar surface area (TPSA) is 84.7 Å². The highest BCUT2D eigenvalue weighted by atomic mass is 16.5. The molecule has 2 rings (SSSR count). The van der Waals surface area contributed by atoms with E-state index in [9.17, 15) is 0 Å². The molecule has 0 spiro atoms. The third-order valence-electron chi connectivity index (χ3n) is 3.66. The third kappa shape index (κ3) is 8.77. The number of hydrogen-bond donors (Lipinski definition) is 2. The summed E-state index contributed by atoms with van der Waals surface area (Å²) >= 11 is 0. The van der Waals surface area contributed by atoms with Crippen LogP contribution in [0.3, 0.4) is 0 Å². The second-order valence-corrected chi connectivity index (χ2v) is 5.73. The van der Waals surface area contributed by atoms with E-state index in [0.29, 0.717) is 33.0 Å². The summed E-state index contributed by atoms with van der Waals surface area (Å²) in [6.07, 6.45) is 3.40. The summed E-state index contributed by atoms with van der Waals surface area (Å²) in [5.74, 6) is 0.769. The minimum Gasteiger partial charge on any atom is -0.491 e. The Bertz CT molecular complexity index is 715. The highest BCUT2D eigenvalue weighted by Gasteiger charge is 1.95. The minimum absolute atomic E-state index is 0.0287. The van der Waals surface area contributed by atoms with Gasteiger partial charge < -0.3 is 24.6 Å². The summed E-state index contributed by atoms with van der Waals surface area (Å²) in [5, 5.41) is 19.8. The SMILES string of the molecule is CNc1ccc(/C=N/N=C/c2ccc(OCCOCCOCCO)cc2)cc1. The average Bonchev–Trinajstić information content (AvgIpc) is 2.74. The third-order valence-corrected chi connectivity index (χ3v) is 3.66. The molecule has 0 radical (unpaired) electrons. The van der Waals surface area contributed by atoms with Gasteiger partial charge >= 0.3 is 0 Å². The van der Waals surface area contributed by atoms with Gasteiger partial charge in [-0.1, -0.05) is 12.1 Å². The zero-order valence-electron chi connectivity index (χ0n) is 16.1. The fourth-order valence-electron chi connectivity index (χ4n) is 2.19. The fraction of sp³-hybridized carbons (Fsp3) is 0.333. The number of ether oxygens (including phenoxy) is 3. The maximum Gasteiger partial charge on any atom is 0.119 e. The van der Waals surface area contributed by atoms with Crippen LogP contribution in [0.4, 0.5) is 5.69 Å². The van der Waals surface area contributed by atoms with E-state index in [2.05, 4.69) is 15.5 Å². The Morgan fingerprint density at radius 3 is 1.89 bits per heavy atom. The van der Waals surface area contributed by atoms with Gasteiger partial charge in [0.1, 0.15) is 12.4 Å². The summed E-state index contributed by atoms with van der Waals surface area (Å²) in [4.78, 5) is 0. The van der Waals surface area contributed by atoms with Crippen molar-refractivity contribution < 1.29 is 19.3 Å². The van der Waals surface area contributed by atoms with Gasteiger partial charge in [0.2, 0.25) is 0 Å². The number of aliphatic hydroxyl groups excluding tert-OH is 1. The van der Waals surface area contributed by atoms with E-state index < -0.39 is 0 Å². The van der Waals surface area contributed by atoms with Crippen LogP contribution in [0.15, 0.2) is 58.7 Å². The molecule has 0 aliphatic rings. The molecule has 0 aliphatic heterocycles. The van der Waals surface area contributed by atoms with Crippen LogP contribution in [-0.2, 0) is 9.47 Å². The van der Waals surface area contributed by atoms with Gasteiger partial charge in [0.15, 0.2) is 0 Å². The van der Waals surface area contributed by atoms with Crippen molar-refractivity contribution in [3.8, 4) is 5.75 Å². The molecule has 0 unspecified atom stereocenters. The van der Waals surface area contributed by atoms with Gasteiger partial charge in [-0.05, 0) is 47.5 Å². The number of anilines is 1. The molecule has 0 aliphatic carbocycles. The van der Waals surface area contributed by atoms with Crippen LogP contribution in [0, 0.1) is 0 Å². The predicted molar refractivity (Wildman–Crippen MR) is 112 cm³/mol. The summed E-state index contributed by atoms with van der Waals surface area (Å²) in [6, 6.07) is 15.5. The lowest BCUT2D eigenvalue weighted by Gasteiger charge is -2.07. The Morgan fingerprint density at radius 2 is 1.32 bits per heavy atom. The van der Waals surface area contributed by atoms with Crippen molar-refractivity contribution in [2.75, 3.05) is 52.0 Å². The number of aliphatic hydroxyl groups is 1. The first-order valence-corrected chi connectivity index (χ1v) is 9.15. The van der Waals surface area contributed by atoms with Crippen LogP contribution in [-0.4, -0.2) is 64.2 Å². The molecule has 0 aromatic heterocycles. The summed E-state index contributed by atoms with van der Waals surface area (Å²) < 4.78 is 16.1. The molecule has 0 saturated carbocycles. The van der Waals surface area contributed by atoms with E-state index >= 15 is 0 Å². The van der Waals surface area contributed by atoms with Crippen LogP contribution in [0.2, 0.25) is 0 Å². The van der Waals surface area contributed by atoms with Gasteiger partial charge in [-0.25, -0.2) is 0 Å². The average molecular weight is 385 g/mol. The number of rotatable bonds is 13. The largest absolute Gasteiger partial charge is 0.491 e. The molecule has 2 N–H and O–H groups in total. The quantitative estimate of drug-likeness (QED) is 0.315. The summed E-state index contributed by atoms with van der Waals surface area (Å²) in [7, 11) is 1.88. The van der Waals surface area contributed by atoms with E-state index in [1.807, 2.05) is 55.6 Å². The van der Waals surface area contributed by atoms with E-state index in [1.165, 1.54) is 0 Å². The summed E-state index contributed by atoms with van der Waals surface area (Å²) in [6.45, 7) is 2.27. The van der Waals surface area contributed by atoms with Crippen molar-refractivity contribution >= 4 is 18.1 Å². The first-order chi connectivity index (χ1) is 13.8. The van der Waals surface area contributed by atoms with Gasteiger partial charge in [0, 0.05) is 12.7 Å². The molecular formula is C21H27N3O4. The van der Waals surface area contributed by atoms with Crippen molar-refractivity contribution in [1.29, 1.82) is 0 Å². The molecule has 0 atom stereocenters. The molecule has 0 amide bonds. The molecule has 0 fully saturated rings. The Labute approximate surface area is 165 Å². The molecule has 0 bridgehead atoms. The predicted octanol–water partition coefficient (Wildman–Crippen LogP) is 2.59. The molecule has 0 heterocycles. The van der Waals surface area contributed by atoms with Crippen molar-refractivity contribution in [3.05, 3.63) is 59.7 Å². The molecule has 28 heavy (non-hydrogen) atoms. The Kier molecular flexibility index (Phi) is 10.3. The zero-order valence-corrected chi connectivity index (χ0v) is 16.1. The number of hydrogen-bond acceptors (Lipinski definition) is 7. The molecule has 0 saturated heterocycles. The lowest BCUT2D eigenvalue weighted by molar-refractivity contribution is 0.0247. The number of benzene rings is 2. The van der Waals surface area contributed by atoms with Gasteiger partial charge in [-0.3, -0.25) is 0 Å². The Hall–Kier alpha value is -2.74. The van der Waals surface area contributed by atoms with E-state index in [1.54, 1.807) is 12.4 Å². The number of nitrogens with one attached hydrogen (secondary N) is 1. The van der Waals surface area contributed by atoms with Crippen LogP contribution >= 0.6 is 0 Å². The van der Waals surface area contributed by atoms with Crippen LogP contribution < -0.4 is 10.1 Å². The second-order valence-electron chi connectivity index (χ2n) is 5.73. The van der Waals surface area contributed by atoms with Gasteiger partial charge in [0.25, 0.3) is 0 Å². The van der Waals surface area contributed by atoms with E-state index in [-0.39, 0.29) is 6.61 Å². The van der Waals surface area contributed by atoms with Crippen molar-refractivity contribution in [3.63, 3.8) is 0 Å². The van der Waals surface area contributed by atoms with E-state index in [0.717, 1.165) is 22.6 Å². The maximum atomic E-state index is 8.57. The van der Waals surface area contributed by atoms with Crippen molar-refractivity contribution in [2.24, 2.45) is 10.2 Å². The normalized spacial score (nSPS) is 11.4. The minimum atomic E-state index is 0.0287. The smallest absolute Gasteiger partial charge is 0.119 e. The Morgan fingerprint density at radius 1 is 0.786 bits per heavy atom. The lowest BCUT2D eigenvalue weighted by atomic mass is 10.2. The van der Waals surface area contributed by atoms with Crippen LogP contribution in [0.25, 0.3) is 0 Å². The molecule has 2 aromatic carbocycles. The van der Waals surface area contributed by atoms with Crippen LogP contribution in [0.1, 0.15) is 11.1 Å². The highest BCUT2D eigenvalue weighted by molar-refractivity contribution is 5.83. The maximum absolute atomic E-state index is 8.57.